The van der Waals surface area contributed by atoms with Gasteiger partial charge in [0, 0.05) is 35.6 Å². The molecule has 2 heterocycles. The third kappa shape index (κ3) is 3.16. The van der Waals surface area contributed by atoms with Crippen LogP contribution in [0.2, 0.25) is 0 Å². The van der Waals surface area contributed by atoms with E-state index < -0.39 is 5.97 Å². The minimum atomic E-state index is -0.754. The molecule has 1 fully saturated rings. The lowest BCUT2D eigenvalue weighted by Gasteiger charge is -2.38. The van der Waals surface area contributed by atoms with Crippen LogP contribution in [0, 0.1) is 5.92 Å². The van der Waals surface area contributed by atoms with Gasteiger partial charge in [-0.05, 0) is 29.7 Å². The number of halogens is 1. The molecule has 0 radical (unpaired) electrons. The zero-order valence-corrected chi connectivity index (χ0v) is 12.8. The zero-order chi connectivity index (χ0) is 15.0. The van der Waals surface area contributed by atoms with Crippen molar-refractivity contribution in [1.29, 1.82) is 0 Å². The minimum Gasteiger partial charge on any atom is -0.481 e. The number of benzene rings is 1. The largest absolute Gasteiger partial charge is 0.481 e. The van der Waals surface area contributed by atoms with E-state index in [2.05, 4.69) is 20.8 Å². The predicted octanol–water partition coefficient (Wildman–Crippen LogP) is 2.46. The molecule has 2 aromatic rings. The number of hydrogen-bond donors (Lipinski definition) is 1. The van der Waals surface area contributed by atoms with E-state index in [1.807, 2.05) is 12.1 Å². The molecule has 3 rings (SSSR count). The number of aliphatic carboxylic acids is 1. The van der Waals surface area contributed by atoms with Gasteiger partial charge in [-0.3, -0.25) is 9.69 Å². The smallest absolute Gasteiger partial charge is 0.336 e. The van der Waals surface area contributed by atoms with Crippen molar-refractivity contribution in [2.45, 2.75) is 13.0 Å². The van der Waals surface area contributed by atoms with Gasteiger partial charge < -0.3 is 9.52 Å². The molecule has 110 valence electrons. The summed E-state index contributed by atoms with van der Waals surface area (Å²) >= 11 is 3.36. The van der Waals surface area contributed by atoms with E-state index in [9.17, 15) is 9.59 Å². The Morgan fingerprint density at radius 1 is 1.38 bits per heavy atom. The van der Waals surface area contributed by atoms with Gasteiger partial charge >= 0.3 is 11.6 Å². The van der Waals surface area contributed by atoms with Crippen LogP contribution in [0.3, 0.4) is 0 Å². The minimum absolute atomic E-state index is 0.209. The summed E-state index contributed by atoms with van der Waals surface area (Å²) in [5.41, 5.74) is 1.12. The summed E-state index contributed by atoms with van der Waals surface area (Å²) in [5.74, 6) is -0.543. The number of nitrogens with zero attached hydrogens (tertiary/aromatic N) is 1. The maximum Gasteiger partial charge on any atom is 0.336 e. The van der Waals surface area contributed by atoms with Crippen molar-refractivity contribution in [2.75, 3.05) is 13.1 Å². The van der Waals surface area contributed by atoms with Gasteiger partial charge in [0.05, 0.1) is 6.42 Å². The van der Waals surface area contributed by atoms with Crippen molar-refractivity contribution in [3.8, 4) is 0 Å². The maximum atomic E-state index is 11.6. The Labute approximate surface area is 129 Å². The molecule has 0 amide bonds. The number of carbonyl (C=O) groups is 1. The molecule has 1 aliphatic rings. The van der Waals surface area contributed by atoms with Gasteiger partial charge in [0.2, 0.25) is 0 Å². The summed E-state index contributed by atoms with van der Waals surface area (Å²) in [5, 5.41) is 9.67. The zero-order valence-electron chi connectivity index (χ0n) is 11.2. The molecule has 0 atom stereocenters. The number of hydrogen-bond acceptors (Lipinski definition) is 4. The lowest BCUT2D eigenvalue weighted by atomic mass is 9.95. The van der Waals surface area contributed by atoms with E-state index in [-0.39, 0.29) is 18.0 Å². The average molecular weight is 352 g/mol. The highest BCUT2D eigenvalue weighted by atomic mass is 79.9. The number of rotatable bonds is 4. The number of carboxylic acid groups (broad SMARTS) is 1. The van der Waals surface area contributed by atoms with Gasteiger partial charge in [0.25, 0.3) is 0 Å². The first-order valence-corrected chi connectivity index (χ1v) is 7.47. The second-order valence-electron chi connectivity index (χ2n) is 5.39. The lowest BCUT2D eigenvalue weighted by Crippen LogP contribution is -2.46. The van der Waals surface area contributed by atoms with Crippen LogP contribution in [-0.2, 0) is 11.3 Å². The Morgan fingerprint density at radius 3 is 2.86 bits per heavy atom. The van der Waals surface area contributed by atoms with Gasteiger partial charge in [-0.15, -0.1) is 0 Å². The molecule has 0 spiro atoms. The van der Waals surface area contributed by atoms with Gasteiger partial charge in [-0.25, -0.2) is 4.79 Å². The second kappa shape index (κ2) is 5.61. The summed E-state index contributed by atoms with van der Waals surface area (Å²) in [6, 6.07) is 7.13. The molecule has 1 aromatic carbocycles. The standard InChI is InChI=1S/C15H14BrNO4/c16-11-1-2-12-10(4-15(20)21-13(12)5-11)8-17-6-9(7-17)3-14(18)19/h1-2,4-5,9H,3,6-8H2,(H,18,19). The van der Waals surface area contributed by atoms with Crippen molar-refractivity contribution in [2.24, 2.45) is 5.92 Å². The molecular weight excluding hydrogens is 338 g/mol. The predicted molar refractivity (Wildman–Crippen MR) is 81.2 cm³/mol. The van der Waals surface area contributed by atoms with Crippen LogP contribution in [0.5, 0.6) is 0 Å². The highest BCUT2D eigenvalue weighted by Crippen LogP contribution is 2.26. The first-order valence-electron chi connectivity index (χ1n) is 6.68. The molecule has 1 aromatic heterocycles. The van der Waals surface area contributed by atoms with E-state index in [1.54, 1.807) is 6.07 Å². The van der Waals surface area contributed by atoms with Crippen LogP contribution in [-0.4, -0.2) is 29.1 Å². The van der Waals surface area contributed by atoms with Crippen molar-refractivity contribution in [3.63, 3.8) is 0 Å². The molecule has 0 unspecified atom stereocenters. The summed E-state index contributed by atoms with van der Waals surface area (Å²) in [4.78, 5) is 24.4. The van der Waals surface area contributed by atoms with Crippen molar-refractivity contribution < 1.29 is 14.3 Å². The summed E-state index contributed by atoms with van der Waals surface area (Å²) in [7, 11) is 0. The molecule has 0 aliphatic carbocycles. The first kappa shape index (κ1) is 14.3. The lowest BCUT2D eigenvalue weighted by molar-refractivity contribution is -0.139. The Bertz CT molecular complexity index is 749. The van der Waals surface area contributed by atoms with Crippen LogP contribution in [0.15, 0.2) is 37.9 Å². The SMILES string of the molecule is O=C(O)CC1CN(Cc2cc(=O)oc3cc(Br)ccc23)C1. The third-order valence-electron chi connectivity index (χ3n) is 3.68. The maximum absolute atomic E-state index is 11.6. The highest BCUT2D eigenvalue weighted by molar-refractivity contribution is 9.10. The fraction of sp³-hybridized carbons (Fsp3) is 0.333. The molecule has 5 nitrogen and oxygen atoms in total. The number of likely N-dealkylation sites (tertiary alicyclic amines) is 1. The quantitative estimate of drug-likeness (QED) is 0.856. The van der Waals surface area contributed by atoms with Gasteiger partial charge in [-0.1, -0.05) is 15.9 Å². The van der Waals surface area contributed by atoms with Crippen LogP contribution in [0.1, 0.15) is 12.0 Å². The Balaban J connectivity index is 1.79. The molecular formula is C15H14BrNO4. The summed E-state index contributed by atoms with van der Waals surface area (Å²) in [6.07, 6.45) is 0.209. The molecule has 0 bridgehead atoms. The molecule has 6 heteroatoms. The molecule has 1 saturated heterocycles. The fourth-order valence-corrected chi connectivity index (χ4v) is 3.10. The molecule has 0 saturated carbocycles. The van der Waals surface area contributed by atoms with Crippen molar-refractivity contribution in [1.82, 2.24) is 4.90 Å². The fourth-order valence-electron chi connectivity index (χ4n) is 2.76. The van der Waals surface area contributed by atoms with E-state index in [0.29, 0.717) is 12.1 Å². The van der Waals surface area contributed by atoms with Crippen molar-refractivity contribution in [3.05, 3.63) is 44.7 Å². The molecule has 1 N–H and O–H groups in total. The van der Waals surface area contributed by atoms with E-state index >= 15 is 0 Å². The first-order chi connectivity index (χ1) is 10.0. The van der Waals surface area contributed by atoms with Crippen LogP contribution in [0.4, 0.5) is 0 Å². The highest BCUT2D eigenvalue weighted by Gasteiger charge is 2.28. The Kier molecular flexibility index (Phi) is 3.82. The second-order valence-corrected chi connectivity index (χ2v) is 6.30. The van der Waals surface area contributed by atoms with Crippen LogP contribution < -0.4 is 5.63 Å². The summed E-state index contributed by atoms with van der Waals surface area (Å²) < 4.78 is 6.07. The Morgan fingerprint density at radius 2 is 2.14 bits per heavy atom. The van der Waals surface area contributed by atoms with Crippen molar-refractivity contribution >= 4 is 32.9 Å². The summed E-state index contributed by atoms with van der Waals surface area (Å²) in [6.45, 7) is 2.15. The Hall–Kier alpha value is -1.66. The van der Waals surface area contributed by atoms with Gasteiger partial charge in [0.1, 0.15) is 5.58 Å². The molecule has 1 aliphatic heterocycles. The van der Waals surface area contributed by atoms with Crippen LogP contribution >= 0.6 is 15.9 Å². The van der Waals surface area contributed by atoms with Gasteiger partial charge in [0.15, 0.2) is 0 Å². The number of fused-ring (bicyclic) bond motifs is 1. The average Bonchev–Trinajstić information content (AvgIpc) is 2.34. The van der Waals surface area contributed by atoms with Crippen LogP contribution in [0.25, 0.3) is 11.0 Å². The monoisotopic (exact) mass is 351 g/mol. The topological polar surface area (TPSA) is 70.8 Å². The van der Waals surface area contributed by atoms with E-state index in [1.165, 1.54) is 6.07 Å². The van der Waals surface area contributed by atoms with Gasteiger partial charge in [-0.2, -0.15) is 0 Å². The number of carboxylic acids is 1. The van der Waals surface area contributed by atoms with E-state index in [4.69, 9.17) is 9.52 Å². The normalized spacial score (nSPS) is 16.0. The molecule has 21 heavy (non-hydrogen) atoms. The third-order valence-corrected chi connectivity index (χ3v) is 4.18. The van der Waals surface area contributed by atoms with E-state index in [0.717, 1.165) is 28.5 Å².